The second-order valence-corrected chi connectivity index (χ2v) is 9.93. The fourth-order valence-corrected chi connectivity index (χ4v) is 5.10. The third-order valence-corrected chi connectivity index (χ3v) is 7.13. The molecule has 1 aliphatic rings. The van der Waals surface area contributed by atoms with Crippen molar-refractivity contribution in [1.82, 2.24) is 19.5 Å². The van der Waals surface area contributed by atoms with Crippen LogP contribution in [0.5, 0.6) is 0 Å². The van der Waals surface area contributed by atoms with Gasteiger partial charge in [-0.05, 0) is 65.0 Å². The van der Waals surface area contributed by atoms with Gasteiger partial charge in [-0.25, -0.2) is 4.98 Å². The molecular formula is C26H24BrClN6. The summed E-state index contributed by atoms with van der Waals surface area (Å²) in [6.07, 6.45) is 4.13. The molecule has 172 valence electrons. The highest BCUT2D eigenvalue weighted by atomic mass is 79.9. The Morgan fingerprint density at radius 2 is 2.00 bits per heavy atom. The Labute approximate surface area is 212 Å². The molecule has 3 heterocycles. The highest BCUT2D eigenvalue weighted by Crippen LogP contribution is 2.30. The molecule has 4 aromatic rings. The van der Waals surface area contributed by atoms with Gasteiger partial charge in [-0.15, -0.1) is 0 Å². The maximum atomic E-state index is 9.01. The van der Waals surface area contributed by atoms with E-state index in [9.17, 15) is 0 Å². The van der Waals surface area contributed by atoms with Gasteiger partial charge in [0.15, 0.2) is 5.65 Å². The first-order valence-electron chi connectivity index (χ1n) is 11.3. The molecule has 0 saturated carbocycles. The summed E-state index contributed by atoms with van der Waals surface area (Å²) in [5.41, 5.74) is 4.41. The molecule has 1 saturated heterocycles. The number of aromatic nitrogens is 3. The standard InChI is InChI=1S/C26H24BrClN6/c27-22-15-31-34-25(12-24(32-26(22)34)21-5-1-2-6-23(21)28)30-14-20-4-3-11-33(17-20)16-19-9-7-18(13-29)8-10-19/h1-2,5-10,12,15,20,30H,3-4,11,14,16-17H2. The molecule has 0 amide bonds. The van der Waals surface area contributed by atoms with Crippen LogP contribution in [-0.4, -0.2) is 39.1 Å². The lowest BCUT2D eigenvalue weighted by Gasteiger charge is -2.33. The zero-order chi connectivity index (χ0) is 23.5. The van der Waals surface area contributed by atoms with E-state index in [1.54, 1.807) is 6.20 Å². The second kappa shape index (κ2) is 10.1. The maximum absolute atomic E-state index is 9.01. The predicted octanol–water partition coefficient (Wildman–Crippen LogP) is 6.01. The number of fused-ring (bicyclic) bond motifs is 1. The van der Waals surface area contributed by atoms with Gasteiger partial charge < -0.3 is 5.32 Å². The first kappa shape index (κ1) is 22.9. The van der Waals surface area contributed by atoms with Crippen LogP contribution in [0.15, 0.2) is 65.3 Å². The number of nitrogens with one attached hydrogen (secondary N) is 1. The lowest BCUT2D eigenvalue weighted by Crippen LogP contribution is -2.37. The number of nitrogens with zero attached hydrogens (tertiary/aromatic N) is 5. The van der Waals surface area contributed by atoms with Crippen LogP contribution in [0.4, 0.5) is 5.82 Å². The van der Waals surface area contributed by atoms with E-state index in [1.165, 1.54) is 18.4 Å². The van der Waals surface area contributed by atoms with Gasteiger partial charge in [-0.3, -0.25) is 4.90 Å². The molecule has 0 spiro atoms. The summed E-state index contributed by atoms with van der Waals surface area (Å²) in [5, 5.41) is 17.8. The quantitative estimate of drug-likeness (QED) is 0.327. The molecule has 1 atom stereocenters. The highest BCUT2D eigenvalue weighted by Gasteiger charge is 2.21. The summed E-state index contributed by atoms with van der Waals surface area (Å²) in [5.74, 6) is 1.42. The van der Waals surface area contributed by atoms with Crippen molar-refractivity contribution in [3.8, 4) is 17.3 Å². The van der Waals surface area contributed by atoms with Crippen molar-refractivity contribution in [3.63, 3.8) is 0 Å². The van der Waals surface area contributed by atoms with Gasteiger partial charge in [0.2, 0.25) is 0 Å². The molecule has 0 bridgehead atoms. The van der Waals surface area contributed by atoms with E-state index in [0.29, 0.717) is 16.5 Å². The van der Waals surface area contributed by atoms with Gasteiger partial charge in [0.25, 0.3) is 0 Å². The van der Waals surface area contributed by atoms with Crippen LogP contribution in [-0.2, 0) is 6.54 Å². The van der Waals surface area contributed by atoms with Crippen LogP contribution < -0.4 is 5.32 Å². The number of likely N-dealkylation sites (tertiary alicyclic amines) is 1. The summed E-state index contributed by atoms with van der Waals surface area (Å²) in [6, 6.07) is 19.9. The molecule has 2 aromatic heterocycles. The monoisotopic (exact) mass is 534 g/mol. The van der Waals surface area contributed by atoms with E-state index < -0.39 is 0 Å². The van der Waals surface area contributed by atoms with Crippen molar-refractivity contribution in [2.45, 2.75) is 19.4 Å². The first-order chi connectivity index (χ1) is 16.6. The summed E-state index contributed by atoms with van der Waals surface area (Å²) >= 11 is 10.0. The average Bonchev–Trinajstić information content (AvgIpc) is 3.24. The highest BCUT2D eigenvalue weighted by molar-refractivity contribution is 9.10. The van der Waals surface area contributed by atoms with Crippen LogP contribution in [0.25, 0.3) is 16.9 Å². The van der Waals surface area contributed by atoms with Crippen LogP contribution in [0.3, 0.4) is 0 Å². The van der Waals surface area contributed by atoms with E-state index in [0.717, 1.165) is 53.4 Å². The van der Waals surface area contributed by atoms with E-state index in [2.05, 4.69) is 49.4 Å². The second-order valence-electron chi connectivity index (χ2n) is 8.67. The van der Waals surface area contributed by atoms with Crippen molar-refractivity contribution in [2.75, 3.05) is 25.0 Å². The van der Waals surface area contributed by atoms with E-state index in [1.807, 2.05) is 47.0 Å². The molecule has 1 fully saturated rings. The van der Waals surface area contributed by atoms with Gasteiger partial charge in [-0.1, -0.05) is 41.9 Å². The van der Waals surface area contributed by atoms with Gasteiger partial charge in [0.1, 0.15) is 5.82 Å². The van der Waals surface area contributed by atoms with E-state index in [4.69, 9.17) is 21.8 Å². The number of piperidine rings is 1. The summed E-state index contributed by atoms with van der Waals surface area (Å²) in [6.45, 7) is 3.88. The minimum Gasteiger partial charge on any atom is -0.370 e. The Morgan fingerprint density at radius 1 is 1.18 bits per heavy atom. The summed E-state index contributed by atoms with van der Waals surface area (Å²) < 4.78 is 2.68. The normalized spacial score (nSPS) is 16.4. The molecule has 0 radical (unpaired) electrons. The molecule has 0 aliphatic carbocycles. The largest absolute Gasteiger partial charge is 0.370 e. The minimum absolute atomic E-state index is 0.526. The van der Waals surface area contributed by atoms with Crippen LogP contribution >= 0.6 is 27.5 Å². The van der Waals surface area contributed by atoms with E-state index in [-0.39, 0.29) is 0 Å². The third-order valence-electron chi connectivity index (χ3n) is 6.24. The molecule has 5 rings (SSSR count). The lowest BCUT2D eigenvalue weighted by atomic mass is 9.97. The molecule has 1 unspecified atom stereocenters. The fourth-order valence-electron chi connectivity index (χ4n) is 4.52. The Bertz CT molecular complexity index is 1340. The number of halogens is 2. The van der Waals surface area contributed by atoms with Crippen molar-refractivity contribution < 1.29 is 0 Å². The zero-order valence-electron chi connectivity index (χ0n) is 18.6. The lowest BCUT2D eigenvalue weighted by molar-refractivity contribution is 0.173. The number of benzene rings is 2. The van der Waals surface area contributed by atoms with Crippen LogP contribution in [0, 0.1) is 17.2 Å². The van der Waals surface area contributed by atoms with Gasteiger partial charge in [-0.2, -0.15) is 14.9 Å². The van der Waals surface area contributed by atoms with Gasteiger partial charge in [0.05, 0.1) is 28.0 Å². The number of hydrogen-bond acceptors (Lipinski definition) is 5. The van der Waals surface area contributed by atoms with Crippen molar-refractivity contribution >= 4 is 39.0 Å². The Balaban J connectivity index is 1.31. The fraction of sp³-hybridized carbons (Fsp3) is 0.269. The third kappa shape index (κ3) is 4.95. The summed E-state index contributed by atoms with van der Waals surface area (Å²) in [7, 11) is 0. The summed E-state index contributed by atoms with van der Waals surface area (Å²) in [4.78, 5) is 7.29. The van der Waals surface area contributed by atoms with Gasteiger partial charge >= 0.3 is 0 Å². The minimum atomic E-state index is 0.526. The molecule has 34 heavy (non-hydrogen) atoms. The van der Waals surface area contributed by atoms with Crippen LogP contribution in [0.2, 0.25) is 5.02 Å². The number of anilines is 1. The Kier molecular flexibility index (Phi) is 6.82. The van der Waals surface area contributed by atoms with Crippen molar-refractivity contribution in [3.05, 3.63) is 81.4 Å². The number of hydrogen-bond donors (Lipinski definition) is 1. The number of nitriles is 1. The SMILES string of the molecule is N#Cc1ccc(CN2CCCC(CNc3cc(-c4ccccc4Cl)nc4c(Br)cnn34)C2)cc1. The molecule has 1 aliphatic heterocycles. The van der Waals surface area contributed by atoms with Crippen molar-refractivity contribution in [1.29, 1.82) is 5.26 Å². The molecular weight excluding hydrogens is 512 g/mol. The zero-order valence-corrected chi connectivity index (χ0v) is 20.9. The molecule has 1 N–H and O–H groups in total. The first-order valence-corrected chi connectivity index (χ1v) is 12.5. The molecule has 2 aromatic carbocycles. The number of rotatable bonds is 6. The average molecular weight is 536 g/mol. The van der Waals surface area contributed by atoms with E-state index >= 15 is 0 Å². The Hall–Kier alpha value is -2.92. The van der Waals surface area contributed by atoms with Gasteiger partial charge in [0, 0.05) is 36.3 Å². The van der Waals surface area contributed by atoms with Crippen molar-refractivity contribution in [2.24, 2.45) is 5.92 Å². The topological polar surface area (TPSA) is 69.2 Å². The van der Waals surface area contributed by atoms with Crippen LogP contribution in [0.1, 0.15) is 24.0 Å². The Morgan fingerprint density at radius 3 is 2.79 bits per heavy atom. The molecule has 6 nitrogen and oxygen atoms in total. The predicted molar refractivity (Wildman–Crippen MR) is 139 cm³/mol. The maximum Gasteiger partial charge on any atom is 0.172 e. The smallest absolute Gasteiger partial charge is 0.172 e. The molecule has 8 heteroatoms.